The first-order valence-electron chi connectivity index (χ1n) is 7.97. The minimum absolute atomic E-state index is 0.447. The molecule has 3 heteroatoms. The zero-order valence-electron chi connectivity index (χ0n) is 12.2. The van der Waals surface area contributed by atoms with Crippen molar-refractivity contribution in [3.8, 4) is 0 Å². The summed E-state index contributed by atoms with van der Waals surface area (Å²) < 4.78 is 2.70. The number of fused-ring (bicyclic) bond motifs is 1. The largest absolute Gasteiger partial charge is 0.328 e. The summed E-state index contributed by atoms with van der Waals surface area (Å²) in [4.78, 5) is 5.02. The molecular formula is C16H25N3. The lowest BCUT2D eigenvalue weighted by Gasteiger charge is -2.32. The van der Waals surface area contributed by atoms with E-state index in [2.05, 4.69) is 23.7 Å². The monoisotopic (exact) mass is 259 g/mol. The van der Waals surface area contributed by atoms with Crippen LogP contribution in [0.15, 0.2) is 0 Å². The van der Waals surface area contributed by atoms with Gasteiger partial charge in [-0.2, -0.15) is 0 Å². The molecule has 0 bridgehead atoms. The Bertz CT molecular complexity index is 496. The van der Waals surface area contributed by atoms with Crippen LogP contribution in [0.2, 0.25) is 0 Å². The summed E-state index contributed by atoms with van der Waals surface area (Å²) in [6, 6.07) is 0.692. The van der Waals surface area contributed by atoms with Crippen LogP contribution in [-0.4, -0.2) is 16.1 Å². The number of hydrogen-bond donors (Lipinski definition) is 1. The summed E-state index contributed by atoms with van der Waals surface area (Å²) in [6.07, 6.45) is 7.98. The highest BCUT2D eigenvalue weighted by Crippen LogP contribution is 2.50. The second kappa shape index (κ2) is 4.08. The van der Waals surface area contributed by atoms with Crippen molar-refractivity contribution in [1.29, 1.82) is 0 Å². The van der Waals surface area contributed by atoms with Crippen molar-refractivity contribution in [2.45, 2.75) is 70.9 Å². The molecule has 3 nitrogen and oxygen atoms in total. The van der Waals surface area contributed by atoms with Gasteiger partial charge >= 0.3 is 0 Å². The van der Waals surface area contributed by atoms with Gasteiger partial charge < -0.3 is 9.88 Å². The predicted octanol–water partition coefficient (Wildman–Crippen LogP) is 3.16. The lowest BCUT2D eigenvalue weighted by Crippen LogP contribution is -2.29. The van der Waals surface area contributed by atoms with Crippen LogP contribution in [0, 0.1) is 5.41 Å². The smallest absolute Gasteiger partial charge is 0.112 e. The summed E-state index contributed by atoms with van der Waals surface area (Å²) in [5.41, 5.74) is 3.35. The van der Waals surface area contributed by atoms with Crippen molar-refractivity contribution in [2.24, 2.45) is 5.41 Å². The van der Waals surface area contributed by atoms with Gasteiger partial charge in [0.1, 0.15) is 5.82 Å². The number of aromatic nitrogens is 2. The minimum Gasteiger partial charge on any atom is -0.328 e. The van der Waals surface area contributed by atoms with Crippen LogP contribution < -0.4 is 5.32 Å². The summed E-state index contributed by atoms with van der Waals surface area (Å²) >= 11 is 0. The Morgan fingerprint density at radius 3 is 2.79 bits per heavy atom. The number of nitrogens with one attached hydrogen (secondary N) is 1. The molecule has 2 fully saturated rings. The van der Waals surface area contributed by atoms with E-state index >= 15 is 0 Å². The van der Waals surface area contributed by atoms with Gasteiger partial charge in [-0.05, 0) is 31.1 Å². The molecule has 19 heavy (non-hydrogen) atoms. The molecule has 0 amide bonds. The molecule has 1 N–H and O–H groups in total. The van der Waals surface area contributed by atoms with Crippen molar-refractivity contribution in [3.63, 3.8) is 0 Å². The van der Waals surface area contributed by atoms with Crippen LogP contribution in [0.3, 0.4) is 0 Å². The van der Waals surface area contributed by atoms with E-state index in [-0.39, 0.29) is 0 Å². The summed E-state index contributed by atoms with van der Waals surface area (Å²) in [6.45, 7) is 7.01. The summed E-state index contributed by atoms with van der Waals surface area (Å²) in [7, 11) is 0. The molecule has 0 spiro atoms. The van der Waals surface area contributed by atoms with Crippen molar-refractivity contribution >= 4 is 0 Å². The third kappa shape index (κ3) is 1.85. The van der Waals surface area contributed by atoms with Gasteiger partial charge in [-0.25, -0.2) is 4.98 Å². The molecule has 1 aliphatic heterocycles. The van der Waals surface area contributed by atoms with E-state index < -0.39 is 0 Å². The van der Waals surface area contributed by atoms with Crippen molar-refractivity contribution in [2.75, 3.05) is 6.54 Å². The van der Waals surface area contributed by atoms with Gasteiger partial charge in [0, 0.05) is 37.2 Å². The second-order valence-corrected chi connectivity index (χ2v) is 7.33. The number of hydrogen-bond acceptors (Lipinski definition) is 2. The molecule has 3 aliphatic rings. The Morgan fingerprint density at radius 1 is 1.26 bits per heavy atom. The molecule has 1 unspecified atom stereocenters. The lowest BCUT2D eigenvalue weighted by molar-refractivity contribution is 0.250. The third-order valence-electron chi connectivity index (χ3n) is 5.41. The fourth-order valence-corrected chi connectivity index (χ4v) is 4.12. The van der Waals surface area contributed by atoms with Crippen molar-refractivity contribution in [1.82, 2.24) is 14.9 Å². The van der Waals surface area contributed by atoms with Gasteiger partial charge in [0.25, 0.3) is 0 Å². The Kier molecular flexibility index (Phi) is 2.57. The van der Waals surface area contributed by atoms with E-state index in [1.54, 1.807) is 5.69 Å². The standard InChI is InChI=1S/C16H25N3/c1-16(2)8-3-4-14(16)19-13-7-9-17-10-12(13)18-15(19)11-5-6-11/h11,14,17H,3-10H2,1-2H3. The second-order valence-electron chi connectivity index (χ2n) is 7.33. The first-order valence-corrected chi connectivity index (χ1v) is 7.97. The van der Waals surface area contributed by atoms with Crippen molar-refractivity contribution in [3.05, 3.63) is 17.2 Å². The quantitative estimate of drug-likeness (QED) is 0.884. The van der Waals surface area contributed by atoms with E-state index in [4.69, 9.17) is 4.98 Å². The fraction of sp³-hybridized carbons (Fsp3) is 0.812. The third-order valence-corrected chi connectivity index (χ3v) is 5.41. The highest BCUT2D eigenvalue weighted by atomic mass is 15.2. The fourth-order valence-electron chi connectivity index (χ4n) is 4.12. The molecule has 1 aromatic heterocycles. The Hall–Kier alpha value is -0.830. The van der Waals surface area contributed by atoms with E-state index in [0.717, 1.165) is 19.0 Å². The molecule has 104 valence electrons. The zero-order chi connectivity index (χ0) is 13.0. The number of nitrogens with zero attached hydrogens (tertiary/aromatic N) is 2. The van der Waals surface area contributed by atoms with E-state index in [1.807, 2.05) is 0 Å². The molecule has 0 aromatic carbocycles. The van der Waals surface area contributed by atoms with Crippen LogP contribution in [0.1, 0.15) is 75.1 Å². The SMILES string of the molecule is CC1(C)CCCC1n1c(C2CC2)nc2c1CCNC2. The lowest BCUT2D eigenvalue weighted by atomic mass is 9.86. The predicted molar refractivity (Wildman–Crippen MR) is 76.3 cm³/mol. The van der Waals surface area contributed by atoms with Crippen LogP contribution in [-0.2, 0) is 13.0 Å². The molecule has 2 heterocycles. The maximum absolute atomic E-state index is 5.02. The average molecular weight is 259 g/mol. The van der Waals surface area contributed by atoms with Gasteiger partial charge in [0.05, 0.1) is 5.69 Å². The first-order chi connectivity index (χ1) is 9.17. The first kappa shape index (κ1) is 12.0. The van der Waals surface area contributed by atoms with Crippen LogP contribution in [0.5, 0.6) is 0 Å². The zero-order valence-corrected chi connectivity index (χ0v) is 12.2. The van der Waals surface area contributed by atoms with Gasteiger partial charge in [0.15, 0.2) is 0 Å². The summed E-state index contributed by atoms with van der Waals surface area (Å²) in [5.74, 6) is 2.19. The Balaban J connectivity index is 1.82. The summed E-state index contributed by atoms with van der Waals surface area (Å²) in [5, 5.41) is 3.48. The molecule has 2 aliphatic carbocycles. The normalized spacial score (nSPS) is 29.5. The molecule has 2 saturated carbocycles. The Labute approximate surface area is 115 Å². The molecule has 0 saturated heterocycles. The average Bonchev–Trinajstić information content (AvgIpc) is 3.08. The molecule has 1 aromatic rings. The minimum atomic E-state index is 0.447. The number of rotatable bonds is 2. The molecule has 0 radical (unpaired) electrons. The molecule has 4 rings (SSSR count). The Morgan fingerprint density at radius 2 is 2.11 bits per heavy atom. The maximum atomic E-state index is 5.02. The molecular weight excluding hydrogens is 234 g/mol. The van der Waals surface area contributed by atoms with E-state index in [0.29, 0.717) is 11.5 Å². The highest BCUT2D eigenvalue weighted by molar-refractivity contribution is 5.26. The van der Waals surface area contributed by atoms with Gasteiger partial charge in [0.2, 0.25) is 0 Å². The van der Waals surface area contributed by atoms with Gasteiger partial charge in [-0.1, -0.05) is 20.3 Å². The van der Waals surface area contributed by atoms with E-state index in [9.17, 15) is 0 Å². The van der Waals surface area contributed by atoms with Gasteiger partial charge in [-0.3, -0.25) is 0 Å². The van der Waals surface area contributed by atoms with Crippen LogP contribution >= 0.6 is 0 Å². The highest BCUT2D eigenvalue weighted by Gasteiger charge is 2.41. The molecule has 1 atom stereocenters. The van der Waals surface area contributed by atoms with Crippen LogP contribution in [0.4, 0.5) is 0 Å². The topological polar surface area (TPSA) is 29.9 Å². The maximum Gasteiger partial charge on any atom is 0.112 e. The van der Waals surface area contributed by atoms with Gasteiger partial charge in [-0.15, -0.1) is 0 Å². The number of imidazole rings is 1. The van der Waals surface area contributed by atoms with Crippen LogP contribution in [0.25, 0.3) is 0 Å². The van der Waals surface area contributed by atoms with E-state index in [1.165, 1.54) is 50.0 Å². The van der Waals surface area contributed by atoms with Crippen molar-refractivity contribution < 1.29 is 0 Å².